The number of para-hydroxylation sites is 1. The van der Waals surface area contributed by atoms with Crippen molar-refractivity contribution in [2.45, 2.75) is 18.8 Å². The van der Waals surface area contributed by atoms with Crippen LogP contribution in [0.5, 0.6) is 5.75 Å². The molecule has 1 aliphatic rings. The molecule has 1 heterocycles. The second-order valence-corrected chi connectivity index (χ2v) is 6.99. The molecule has 0 spiro atoms. The summed E-state index contributed by atoms with van der Waals surface area (Å²) >= 11 is 0. The SMILES string of the molecule is CC1(c2ccc(OC(F)(F)F)cc2)NC(=O)N(CC(=O)N(CC#N)c2ccccc2)C1=O. The average molecular weight is 446 g/mol. The number of rotatable bonds is 6. The molecule has 166 valence electrons. The summed E-state index contributed by atoms with van der Waals surface area (Å²) in [5.74, 6) is -1.90. The highest BCUT2D eigenvalue weighted by Crippen LogP contribution is 2.31. The third-order valence-electron chi connectivity index (χ3n) is 4.83. The van der Waals surface area contributed by atoms with E-state index < -0.39 is 42.0 Å². The molecule has 0 radical (unpaired) electrons. The van der Waals surface area contributed by atoms with Gasteiger partial charge in [-0.05, 0) is 36.8 Å². The molecule has 1 aliphatic heterocycles. The van der Waals surface area contributed by atoms with E-state index in [-0.39, 0.29) is 12.1 Å². The summed E-state index contributed by atoms with van der Waals surface area (Å²) in [5, 5.41) is 11.5. The number of nitriles is 1. The lowest BCUT2D eigenvalue weighted by Crippen LogP contribution is -2.44. The Hall–Kier alpha value is -4.07. The van der Waals surface area contributed by atoms with Crippen LogP contribution in [0.15, 0.2) is 54.6 Å². The molecule has 8 nitrogen and oxygen atoms in total. The number of hydrogen-bond donors (Lipinski definition) is 1. The van der Waals surface area contributed by atoms with Gasteiger partial charge in [-0.3, -0.25) is 19.4 Å². The maximum Gasteiger partial charge on any atom is 0.573 e. The third kappa shape index (κ3) is 4.64. The molecule has 32 heavy (non-hydrogen) atoms. The van der Waals surface area contributed by atoms with Gasteiger partial charge in [-0.2, -0.15) is 5.26 Å². The summed E-state index contributed by atoms with van der Waals surface area (Å²) in [6, 6.07) is 13.8. The zero-order valence-corrected chi connectivity index (χ0v) is 16.7. The van der Waals surface area contributed by atoms with E-state index in [1.54, 1.807) is 30.3 Å². The minimum absolute atomic E-state index is 0.206. The minimum atomic E-state index is -4.87. The quantitative estimate of drug-likeness (QED) is 0.543. The lowest BCUT2D eigenvalue weighted by atomic mass is 9.92. The van der Waals surface area contributed by atoms with Crippen molar-refractivity contribution in [3.8, 4) is 11.8 Å². The van der Waals surface area contributed by atoms with Crippen LogP contribution in [0, 0.1) is 11.3 Å². The first-order valence-corrected chi connectivity index (χ1v) is 9.28. The molecule has 1 saturated heterocycles. The normalized spacial score (nSPS) is 18.2. The Balaban J connectivity index is 1.79. The minimum Gasteiger partial charge on any atom is -0.406 e. The molecule has 11 heteroatoms. The van der Waals surface area contributed by atoms with Crippen molar-refractivity contribution >= 4 is 23.5 Å². The number of nitrogens with one attached hydrogen (secondary N) is 1. The number of alkyl halides is 3. The van der Waals surface area contributed by atoms with Gasteiger partial charge in [0.05, 0.1) is 6.07 Å². The van der Waals surface area contributed by atoms with Crippen LogP contribution in [-0.2, 0) is 15.1 Å². The van der Waals surface area contributed by atoms with E-state index in [0.29, 0.717) is 10.6 Å². The van der Waals surface area contributed by atoms with Crippen molar-refractivity contribution in [1.29, 1.82) is 5.26 Å². The predicted octanol–water partition coefficient (Wildman–Crippen LogP) is 2.91. The van der Waals surface area contributed by atoms with Crippen LogP contribution in [0.2, 0.25) is 0 Å². The van der Waals surface area contributed by atoms with Crippen LogP contribution in [0.3, 0.4) is 0 Å². The topological polar surface area (TPSA) is 103 Å². The Bertz CT molecular complexity index is 1070. The second-order valence-electron chi connectivity index (χ2n) is 6.99. The third-order valence-corrected chi connectivity index (χ3v) is 4.83. The standard InChI is InChI=1S/C21H17F3N4O4/c1-20(14-7-9-16(10-8-14)32-21(22,23)24)18(30)28(19(31)26-20)13-17(29)27(12-11-25)15-5-3-2-4-6-15/h2-10H,12-13H2,1H3,(H,26,31). The number of amides is 4. The second kappa shape index (κ2) is 8.58. The average Bonchev–Trinajstić information content (AvgIpc) is 2.95. The van der Waals surface area contributed by atoms with Gasteiger partial charge in [-0.15, -0.1) is 13.2 Å². The lowest BCUT2D eigenvalue weighted by molar-refractivity contribution is -0.274. The Morgan fingerprint density at radius 1 is 1.16 bits per heavy atom. The van der Waals surface area contributed by atoms with Gasteiger partial charge in [-0.25, -0.2) is 4.79 Å². The smallest absolute Gasteiger partial charge is 0.406 e. The van der Waals surface area contributed by atoms with Gasteiger partial charge in [0.1, 0.15) is 24.4 Å². The lowest BCUT2D eigenvalue weighted by Gasteiger charge is -2.24. The number of carbonyl (C=O) groups excluding carboxylic acids is 3. The Morgan fingerprint density at radius 3 is 2.34 bits per heavy atom. The monoisotopic (exact) mass is 446 g/mol. The summed E-state index contributed by atoms with van der Waals surface area (Å²) in [7, 11) is 0. The molecule has 0 aromatic heterocycles. The van der Waals surface area contributed by atoms with Crippen molar-refractivity contribution in [3.63, 3.8) is 0 Å². The van der Waals surface area contributed by atoms with Gasteiger partial charge in [0.15, 0.2) is 0 Å². The first-order chi connectivity index (χ1) is 15.0. The van der Waals surface area contributed by atoms with Crippen LogP contribution in [-0.4, -0.2) is 42.2 Å². The zero-order chi connectivity index (χ0) is 23.5. The van der Waals surface area contributed by atoms with Gasteiger partial charge >= 0.3 is 12.4 Å². The first kappa shape index (κ1) is 22.6. The van der Waals surface area contributed by atoms with Gasteiger partial charge in [0, 0.05) is 5.69 Å². The van der Waals surface area contributed by atoms with E-state index in [1.165, 1.54) is 19.1 Å². The molecule has 0 aliphatic carbocycles. The van der Waals surface area contributed by atoms with E-state index in [1.807, 2.05) is 6.07 Å². The zero-order valence-electron chi connectivity index (χ0n) is 16.7. The molecule has 4 amide bonds. The fourth-order valence-electron chi connectivity index (χ4n) is 3.25. The number of urea groups is 1. The number of carbonyl (C=O) groups is 3. The number of nitrogens with zero attached hydrogens (tertiary/aromatic N) is 3. The Labute approximate surface area is 180 Å². The number of anilines is 1. The molecular weight excluding hydrogens is 429 g/mol. The maximum absolute atomic E-state index is 13.0. The number of imide groups is 1. The highest BCUT2D eigenvalue weighted by molar-refractivity contribution is 6.10. The Kier molecular flexibility index (Phi) is 6.06. The number of hydrogen-bond acceptors (Lipinski definition) is 5. The molecule has 3 rings (SSSR count). The number of ether oxygens (including phenoxy) is 1. The van der Waals surface area contributed by atoms with Crippen LogP contribution in [0.1, 0.15) is 12.5 Å². The molecular formula is C21H17F3N4O4. The molecule has 0 saturated carbocycles. The molecule has 1 atom stereocenters. The molecule has 1 N–H and O–H groups in total. The van der Waals surface area contributed by atoms with E-state index >= 15 is 0 Å². The fraction of sp³-hybridized carbons (Fsp3) is 0.238. The molecule has 1 unspecified atom stereocenters. The number of halogens is 3. The van der Waals surface area contributed by atoms with Crippen LogP contribution in [0.25, 0.3) is 0 Å². The maximum atomic E-state index is 13.0. The largest absolute Gasteiger partial charge is 0.573 e. The van der Waals surface area contributed by atoms with E-state index in [4.69, 9.17) is 5.26 Å². The van der Waals surface area contributed by atoms with Crippen molar-refractivity contribution in [2.75, 3.05) is 18.0 Å². The van der Waals surface area contributed by atoms with E-state index in [2.05, 4.69) is 10.1 Å². The summed E-state index contributed by atoms with van der Waals surface area (Å²) in [4.78, 5) is 40.1. The van der Waals surface area contributed by atoms with Gasteiger partial charge in [0.25, 0.3) is 5.91 Å². The van der Waals surface area contributed by atoms with Crippen molar-refractivity contribution in [1.82, 2.24) is 10.2 Å². The van der Waals surface area contributed by atoms with Crippen molar-refractivity contribution in [2.24, 2.45) is 0 Å². The fourth-order valence-corrected chi connectivity index (χ4v) is 3.25. The van der Waals surface area contributed by atoms with Crippen LogP contribution < -0.4 is 15.0 Å². The highest BCUT2D eigenvalue weighted by atomic mass is 19.4. The first-order valence-electron chi connectivity index (χ1n) is 9.28. The van der Waals surface area contributed by atoms with Gasteiger partial charge in [-0.1, -0.05) is 30.3 Å². The molecule has 2 aromatic rings. The van der Waals surface area contributed by atoms with Gasteiger partial charge < -0.3 is 10.1 Å². The predicted molar refractivity (Wildman–Crippen MR) is 105 cm³/mol. The summed E-state index contributed by atoms with van der Waals surface area (Å²) in [6.07, 6.45) is -4.87. The molecule has 1 fully saturated rings. The molecule has 2 aromatic carbocycles. The molecule has 0 bridgehead atoms. The van der Waals surface area contributed by atoms with Crippen LogP contribution >= 0.6 is 0 Å². The summed E-state index contributed by atoms with van der Waals surface area (Å²) < 4.78 is 40.9. The van der Waals surface area contributed by atoms with E-state index in [9.17, 15) is 27.6 Å². The van der Waals surface area contributed by atoms with Crippen molar-refractivity contribution < 1.29 is 32.3 Å². The van der Waals surface area contributed by atoms with Crippen LogP contribution in [0.4, 0.5) is 23.7 Å². The van der Waals surface area contributed by atoms with Crippen molar-refractivity contribution in [3.05, 3.63) is 60.2 Å². The highest BCUT2D eigenvalue weighted by Gasteiger charge is 2.49. The van der Waals surface area contributed by atoms with Gasteiger partial charge in [0.2, 0.25) is 5.91 Å². The number of benzene rings is 2. The van der Waals surface area contributed by atoms with E-state index in [0.717, 1.165) is 17.0 Å². The Morgan fingerprint density at radius 2 is 1.78 bits per heavy atom. The summed E-state index contributed by atoms with van der Waals surface area (Å²) in [5.41, 5.74) is -0.965. The summed E-state index contributed by atoms with van der Waals surface area (Å²) in [6.45, 7) is 0.470.